The van der Waals surface area contributed by atoms with Crippen LogP contribution in [0.2, 0.25) is 0 Å². The largest absolute Gasteiger partial charge is 0.495 e. The van der Waals surface area contributed by atoms with Crippen LogP contribution in [0.4, 0.5) is 0 Å². The van der Waals surface area contributed by atoms with Gasteiger partial charge in [0.25, 0.3) is 0 Å². The molecule has 0 aliphatic carbocycles. The first-order valence-corrected chi connectivity index (χ1v) is 8.72. The third-order valence-electron chi connectivity index (χ3n) is 3.27. The normalized spacial score (nSPS) is 11.1. The number of carbonyl (C=O) groups is 1. The number of carbonyl (C=O) groups excluding carboxylic acids is 1. The Morgan fingerprint density at radius 2 is 1.67 bits per heavy atom. The first-order chi connectivity index (χ1) is 11.3. The second kappa shape index (κ2) is 7.46. The summed E-state index contributed by atoms with van der Waals surface area (Å²) in [6.07, 6.45) is 0. The van der Waals surface area contributed by atoms with Gasteiger partial charge in [0.1, 0.15) is 22.9 Å². The van der Waals surface area contributed by atoms with E-state index < -0.39 is 22.5 Å². The lowest BCUT2D eigenvalue weighted by Crippen LogP contribution is -2.32. The van der Waals surface area contributed by atoms with Gasteiger partial charge in [-0.05, 0) is 43.7 Å². The van der Waals surface area contributed by atoms with E-state index in [1.54, 1.807) is 43.3 Å². The van der Waals surface area contributed by atoms with E-state index in [0.717, 1.165) is 11.1 Å². The predicted octanol–water partition coefficient (Wildman–Crippen LogP) is 2.20. The minimum atomic E-state index is -3.90. The summed E-state index contributed by atoms with van der Waals surface area (Å²) in [6.45, 7) is 3.20. The van der Waals surface area contributed by atoms with E-state index in [9.17, 15) is 13.2 Å². The highest BCUT2D eigenvalue weighted by molar-refractivity contribution is 7.89. The monoisotopic (exact) mass is 349 g/mol. The molecule has 0 unspecified atom stereocenters. The van der Waals surface area contributed by atoms with Crippen molar-refractivity contribution in [1.82, 2.24) is 4.72 Å². The molecule has 24 heavy (non-hydrogen) atoms. The molecule has 0 radical (unpaired) electrons. The molecular weight excluding hydrogens is 330 g/mol. The lowest BCUT2D eigenvalue weighted by atomic mass is 10.2. The molecule has 128 valence electrons. The Balaban J connectivity index is 2.06. The van der Waals surface area contributed by atoms with Crippen LogP contribution in [0.5, 0.6) is 11.5 Å². The molecule has 0 saturated carbocycles. The molecule has 0 amide bonds. The van der Waals surface area contributed by atoms with Crippen molar-refractivity contribution in [3.05, 3.63) is 53.6 Å². The van der Waals surface area contributed by atoms with Crippen molar-refractivity contribution < 1.29 is 22.7 Å². The zero-order valence-corrected chi connectivity index (χ0v) is 14.5. The predicted molar refractivity (Wildman–Crippen MR) is 89.7 cm³/mol. The van der Waals surface area contributed by atoms with Gasteiger partial charge in [-0.15, -0.1) is 0 Å². The molecular formula is C17H19NO5S. The summed E-state index contributed by atoms with van der Waals surface area (Å²) in [5.74, 6) is -0.132. The molecule has 0 fully saturated rings. The van der Waals surface area contributed by atoms with Gasteiger partial charge in [0.2, 0.25) is 10.0 Å². The Labute approximate surface area is 141 Å². The number of esters is 1. The lowest BCUT2D eigenvalue weighted by molar-refractivity contribution is -0.133. The summed E-state index contributed by atoms with van der Waals surface area (Å²) >= 11 is 0. The van der Waals surface area contributed by atoms with Gasteiger partial charge in [-0.3, -0.25) is 4.79 Å². The topological polar surface area (TPSA) is 81.7 Å². The Hall–Kier alpha value is -2.38. The van der Waals surface area contributed by atoms with Gasteiger partial charge in [0.15, 0.2) is 0 Å². The standard InChI is InChI=1S/C17H19NO5S/c1-12-4-7-14(8-5-12)23-17(19)11-18-24(20,21)16-10-13(2)6-9-15(16)22-3/h4-10,18H,11H2,1-3H3. The second-order valence-corrected chi connectivity index (χ2v) is 7.00. The zero-order chi connectivity index (χ0) is 17.7. The highest BCUT2D eigenvalue weighted by atomic mass is 32.2. The number of nitrogens with one attached hydrogen (secondary N) is 1. The molecule has 0 aliphatic heterocycles. The van der Waals surface area contributed by atoms with Crippen molar-refractivity contribution in [3.8, 4) is 11.5 Å². The van der Waals surface area contributed by atoms with E-state index in [-0.39, 0.29) is 10.6 Å². The van der Waals surface area contributed by atoms with Gasteiger partial charge in [0, 0.05) is 0 Å². The van der Waals surface area contributed by atoms with Crippen molar-refractivity contribution in [1.29, 1.82) is 0 Å². The molecule has 0 bridgehead atoms. The molecule has 0 heterocycles. The van der Waals surface area contributed by atoms with Crippen molar-refractivity contribution in [3.63, 3.8) is 0 Å². The van der Waals surface area contributed by atoms with Crippen LogP contribution in [0.1, 0.15) is 11.1 Å². The van der Waals surface area contributed by atoms with Crippen molar-refractivity contribution in [2.75, 3.05) is 13.7 Å². The Morgan fingerprint density at radius 1 is 1.04 bits per heavy atom. The second-order valence-electron chi connectivity index (χ2n) is 5.27. The Bertz CT molecular complexity index is 829. The van der Waals surface area contributed by atoms with Gasteiger partial charge < -0.3 is 9.47 Å². The fourth-order valence-electron chi connectivity index (χ4n) is 2.00. The van der Waals surface area contributed by atoms with Gasteiger partial charge in [-0.25, -0.2) is 8.42 Å². The van der Waals surface area contributed by atoms with Crippen LogP contribution in [0, 0.1) is 13.8 Å². The van der Waals surface area contributed by atoms with Gasteiger partial charge in [-0.2, -0.15) is 4.72 Å². The average molecular weight is 349 g/mol. The lowest BCUT2D eigenvalue weighted by Gasteiger charge is -2.11. The summed E-state index contributed by atoms with van der Waals surface area (Å²) in [6, 6.07) is 11.7. The first-order valence-electron chi connectivity index (χ1n) is 7.23. The van der Waals surface area contributed by atoms with Crippen LogP contribution in [-0.2, 0) is 14.8 Å². The van der Waals surface area contributed by atoms with Crippen LogP contribution in [0.3, 0.4) is 0 Å². The van der Waals surface area contributed by atoms with E-state index in [4.69, 9.17) is 9.47 Å². The maximum Gasteiger partial charge on any atom is 0.326 e. The minimum Gasteiger partial charge on any atom is -0.495 e. The maximum absolute atomic E-state index is 12.4. The van der Waals surface area contributed by atoms with Crippen LogP contribution in [0.15, 0.2) is 47.4 Å². The molecule has 7 heteroatoms. The molecule has 0 atom stereocenters. The minimum absolute atomic E-state index is 0.0202. The maximum atomic E-state index is 12.4. The number of ether oxygens (including phenoxy) is 2. The van der Waals surface area contributed by atoms with Crippen LogP contribution >= 0.6 is 0 Å². The smallest absolute Gasteiger partial charge is 0.326 e. The Kier molecular flexibility index (Phi) is 5.58. The quantitative estimate of drug-likeness (QED) is 0.639. The highest BCUT2D eigenvalue weighted by Crippen LogP contribution is 2.24. The summed E-state index contributed by atoms with van der Waals surface area (Å²) < 4.78 is 37.1. The van der Waals surface area contributed by atoms with E-state index in [1.165, 1.54) is 13.2 Å². The molecule has 2 rings (SSSR count). The van der Waals surface area contributed by atoms with Crippen molar-refractivity contribution in [2.45, 2.75) is 18.7 Å². The number of hydrogen-bond acceptors (Lipinski definition) is 5. The van der Waals surface area contributed by atoms with E-state index in [0.29, 0.717) is 5.75 Å². The average Bonchev–Trinajstić information content (AvgIpc) is 2.55. The molecule has 1 N–H and O–H groups in total. The van der Waals surface area contributed by atoms with Crippen LogP contribution in [0.25, 0.3) is 0 Å². The molecule has 0 aliphatic rings. The first kappa shape index (κ1) is 18.0. The van der Waals surface area contributed by atoms with Crippen LogP contribution < -0.4 is 14.2 Å². The fourth-order valence-corrected chi connectivity index (χ4v) is 3.22. The molecule has 6 nitrogen and oxygen atoms in total. The van der Waals surface area contributed by atoms with E-state index in [1.807, 2.05) is 6.92 Å². The third-order valence-corrected chi connectivity index (χ3v) is 4.69. The van der Waals surface area contributed by atoms with Gasteiger partial charge >= 0.3 is 5.97 Å². The number of methoxy groups -OCH3 is 1. The van der Waals surface area contributed by atoms with Gasteiger partial charge in [0.05, 0.1) is 7.11 Å². The number of sulfonamides is 1. The van der Waals surface area contributed by atoms with Crippen molar-refractivity contribution in [2.24, 2.45) is 0 Å². The third kappa shape index (κ3) is 4.56. The number of rotatable bonds is 6. The molecule has 0 saturated heterocycles. The fraction of sp³-hybridized carbons (Fsp3) is 0.235. The SMILES string of the molecule is COc1ccc(C)cc1S(=O)(=O)NCC(=O)Oc1ccc(C)cc1. The summed E-state index contributed by atoms with van der Waals surface area (Å²) in [7, 11) is -2.51. The highest BCUT2D eigenvalue weighted by Gasteiger charge is 2.21. The van der Waals surface area contributed by atoms with Gasteiger partial charge in [-0.1, -0.05) is 23.8 Å². The summed E-state index contributed by atoms with van der Waals surface area (Å²) in [5, 5.41) is 0. The Morgan fingerprint density at radius 3 is 2.29 bits per heavy atom. The van der Waals surface area contributed by atoms with Crippen molar-refractivity contribution >= 4 is 16.0 Å². The van der Waals surface area contributed by atoms with Crippen LogP contribution in [-0.4, -0.2) is 28.0 Å². The molecule has 0 aromatic heterocycles. The molecule has 2 aromatic carbocycles. The number of benzene rings is 2. The summed E-state index contributed by atoms with van der Waals surface area (Å²) in [4.78, 5) is 11.8. The van der Waals surface area contributed by atoms with E-state index >= 15 is 0 Å². The number of hydrogen-bond donors (Lipinski definition) is 1. The summed E-state index contributed by atoms with van der Waals surface area (Å²) in [5.41, 5.74) is 1.79. The zero-order valence-electron chi connectivity index (χ0n) is 13.7. The molecule has 0 spiro atoms. The number of aryl methyl sites for hydroxylation is 2. The van der Waals surface area contributed by atoms with E-state index in [2.05, 4.69) is 4.72 Å². The molecule has 2 aromatic rings.